The fraction of sp³-hybridized carbons (Fsp3) is 0.795. The second kappa shape index (κ2) is 23.4. The molecule has 5 heterocycles. The lowest BCUT2D eigenvalue weighted by Gasteiger charge is -2.40. The van der Waals surface area contributed by atoms with E-state index in [0.29, 0.717) is 36.5 Å². The average molecular weight is 752 g/mol. The van der Waals surface area contributed by atoms with Gasteiger partial charge in [0.2, 0.25) is 11.8 Å². The quantitative estimate of drug-likeness (QED) is 0.369. The first-order valence-corrected chi connectivity index (χ1v) is 21.8. The second-order valence-electron chi connectivity index (χ2n) is 17.2. The Labute approximate surface area is 328 Å². The van der Waals surface area contributed by atoms with E-state index >= 15 is 0 Å². The van der Waals surface area contributed by atoms with Gasteiger partial charge in [-0.15, -0.1) is 0 Å². The summed E-state index contributed by atoms with van der Waals surface area (Å²) in [5.74, 6) is 2.54. The minimum Gasteiger partial charge on any atom is -0.375 e. The summed E-state index contributed by atoms with van der Waals surface area (Å²) in [4.78, 5) is 46.1. The summed E-state index contributed by atoms with van der Waals surface area (Å²) >= 11 is 0. The monoisotopic (exact) mass is 752 g/mol. The molecule has 1 aromatic heterocycles. The lowest BCUT2D eigenvalue weighted by Crippen LogP contribution is -2.53. The fourth-order valence-electron chi connectivity index (χ4n) is 9.20. The van der Waals surface area contributed by atoms with Gasteiger partial charge in [0.05, 0.1) is 6.54 Å². The number of carbonyl (C=O) groups is 2. The molecule has 0 spiro atoms. The Balaban J connectivity index is 0.000000161. The Bertz CT molecular complexity index is 1290. The number of nitrogens with one attached hydrogen (secondary N) is 1. The Morgan fingerprint density at radius 1 is 0.704 bits per heavy atom. The third-order valence-corrected chi connectivity index (χ3v) is 13.0. The second-order valence-corrected chi connectivity index (χ2v) is 17.2. The van der Waals surface area contributed by atoms with Crippen LogP contribution in [0.2, 0.25) is 0 Å². The molecule has 2 saturated carbocycles. The maximum Gasteiger partial charge on any atom is 0.250 e. The van der Waals surface area contributed by atoms with Crippen LogP contribution in [0, 0.1) is 11.8 Å². The first-order chi connectivity index (χ1) is 26.1. The topological polar surface area (TPSA) is 84.4 Å². The first kappa shape index (κ1) is 44.0. The third-order valence-electron chi connectivity index (χ3n) is 13.0. The number of likely N-dealkylation sites (tertiary alicyclic amines) is 2. The molecule has 7 rings (SSSR count). The lowest BCUT2D eigenvalue weighted by atomic mass is 9.86. The predicted octanol–water partition coefficient (Wildman–Crippen LogP) is 6.24. The molecule has 10 heteroatoms. The molecule has 1 N–H and O–H groups in total. The van der Waals surface area contributed by atoms with E-state index in [0.717, 1.165) is 109 Å². The summed E-state index contributed by atoms with van der Waals surface area (Å²) in [6.45, 7) is 19.8. The van der Waals surface area contributed by atoms with E-state index in [1.165, 1.54) is 57.8 Å². The Morgan fingerprint density at radius 2 is 1.31 bits per heavy atom. The van der Waals surface area contributed by atoms with Crippen molar-refractivity contribution in [3.8, 4) is 0 Å². The highest BCUT2D eigenvalue weighted by molar-refractivity contribution is 5.79. The summed E-state index contributed by atoms with van der Waals surface area (Å²) in [5.41, 5.74) is 0.127. The van der Waals surface area contributed by atoms with E-state index in [9.17, 15) is 14.4 Å². The standard InChI is InChI=1S/C12H22N2O.C11H16N2O.C11H21N.C10H18N2O/c1-10-3-5-11(6-4-10)14-8-7-13(2)9-12(14)15;1-12-8-5-10(6-9-12)13-7-3-2-4-11(13)14;1-4-12(5-2)11-8-6-10(3)7-9-11;13-10-3-1-2-8-12(10)9-4-6-11-7-5-9/h10-11H,3-9H2,1-2H3;2-4,7,10H,5-6,8-9H2,1H3;4,10-11H,1,5-9H2,2-3H3;9,11H,1-8H2. The van der Waals surface area contributed by atoms with Gasteiger partial charge in [-0.1, -0.05) is 26.5 Å². The number of carbonyl (C=O) groups excluding carboxylic acids is 2. The summed E-state index contributed by atoms with van der Waals surface area (Å²) in [6.07, 6.45) is 22.0. The van der Waals surface area contributed by atoms with Crippen molar-refractivity contribution in [1.29, 1.82) is 0 Å². The van der Waals surface area contributed by atoms with Crippen LogP contribution in [0.25, 0.3) is 0 Å². The number of aromatic nitrogens is 1. The zero-order valence-electron chi connectivity index (χ0n) is 34.9. The first-order valence-electron chi connectivity index (χ1n) is 21.8. The molecule has 10 nitrogen and oxygen atoms in total. The van der Waals surface area contributed by atoms with Gasteiger partial charge in [-0.2, -0.15) is 0 Å². The molecule has 6 fully saturated rings. The van der Waals surface area contributed by atoms with Crippen LogP contribution < -0.4 is 10.9 Å². The molecule has 306 valence electrons. The number of likely N-dealkylation sites (N-methyl/N-ethyl adjacent to an activating group) is 1. The zero-order chi connectivity index (χ0) is 38.9. The predicted molar refractivity (Wildman–Crippen MR) is 223 cm³/mol. The number of nitrogens with zero attached hydrogens (tertiary/aromatic N) is 6. The van der Waals surface area contributed by atoms with E-state index in [1.807, 2.05) is 30.1 Å². The van der Waals surface area contributed by atoms with Crippen molar-refractivity contribution in [2.75, 3.05) is 73.0 Å². The number of pyridine rings is 1. The maximum atomic E-state index is 11.9. The number of hydrogen-bond acceptors (Lipinski definition) is 7. The van der Waals surface area contributed by atoms with Gasteiger partial charge in [0.25, 0.3) is 5.56 Å². The van der Waals surface area contributed by atoms with Crippen LogP contribution in [0.1, 0.15) is 123 Å². The summed E-state index contributed by atoms with van der Waals surface area (Å²) in [5, 5.41) is 3.33. The molecule has 6 aliphatic rings. The highest BCUT2D eigenvalue weighted by Gasteiger charge is 2.30. The molecular formula is C44H77N7O3. The van der Waals surface area contributed by atoms with Gasteiger partial charge in [0.15, 0.2) is 0 Å². The average Bonchev–Trinajstić information content (AvgIpc) is 3.18. The highest BCUT2D eigenvalue weighted by atomic mass is 16.2. The van der Waals surface area contributed by atoms with Crippen molar-refractivity contribution >= 4 is 11.8 Å². The molecule has 1 aromatic rings. The molecule has 2 aliphatic carbocycles. The van der Waals surface area contributed by atoms with Gasteiger partial charge in [-0.3, -0.25) is 19.3 Å². The normalized spacial score (nSPS) is 27.7. The van der Waals surface area contributed by atoms with Gasteiger partial charge in [0, 0.05) is 69.0 Å². The largest absolute Gasteiger partial charge is 0.375 e. The van der Waals surface area contributed by atoms with Crippen LogP contribution in [0.15, 0.2) is 42.0 Å². The Hall–Kier alpha value is -2.69. The number of rotatable bonds is 6. The van der Waals surface area contributed by atoms with Crippen molar-refractivity contribution in [3.63, 3.8) is 0 Å². The van der Waals surface area contributed by atoms with E-state index in [1.54, 1.807) is 12.1 Å². The van der Waals surface area contributed by atoms with Crippen LogP contribution in [0.4, 0.5) is 0 Å². The lowest BCUT2D eigenvalue weighted by molar-refractivity contribution is -0.139. The molecular weight excluding hydrogens is 675 g/mol. The number of amides is 2. The highest BCUT2D eigenvalue weighted by Crippen LogP contribution is 2.28. The molecule has 0 unspecified atom stereocenters. The van der Waals surface area contributed by atoms with E-state index < -0.39 is 0 Å². The van der Waals surface area contributed by atoms with Crippen LogP contribution >= 0.6 is 0 Å². The summed E-state index contributed by atoms with van der Waals surface area (Å²) in [6, 6.07) is 7.63. The van der Waals surface area contributed by atoms with Crippen molar-refractivity contribution in [2.24, 2.45) is 11.8 Å². The van der Waals surface area contributed by atoms with Gasteiger partial charge in [-0.05, 0) is 161 Å². The van der Waals surface area contributed by atoms with Crippen molar-refractivity contribution in [2.45, 2.75) is 141 Å². The molecule has 0 atom stereocenters. The van der Waals surface area contributed by atoms with Crippen LogP contribution in [0.3, 0.4) is 0 Å². The third kappa shape index (κ3) is 14.1. The maximum absolute atomic E-state index is 11.9. The summed E-state index contributed by atoms with van der Waals surface area (Å²) < 4.78 is 1.87. The van der Waals surface area contributed by atoms with Crippen molar-refractivity contribution in [3.05, 3.63) is 47.5 Å². The van der Waals surface area contributed by atoms with E-state index in [4.69, 9.17) is 0 Å². The molecule has 4 aliphatic heterocycles. The van der Waals surface area contributed by atoms with Gasteiger partial charge in [-0.25, -0.2) is 0 Å². The zero-order valence-corrected chi connectivity index (χ0v) is 34.9. The van der Waals surface area contributed by atoms with Gasteiger partial charge >= 0.3 is 0 Å². The van der Waals surface area contributed by atoms with Crippen LogP contribution in [0.5, 0.6) is 0 Å². The minimum absolute atomic E-state index is 0.127. The van der Waals surface area contributed by atoms with Crippen LogP contribution in [-0.4, -0.2) is 132 Å². The molecule has 0 bridgehead atoms. The fourth-order valence-corrected chi connectivity index (χ4v) is 9.20. The van der Waals surface area contributed by atoms with E-state index in [-0.39, 0.29) is 5.56 Å². The van der Waals surface area contributed by atoms with Crippen molar-refractivity contribution in [1.82, 2.24) is 34.4 Å². The Kier molecular flexibility index (Phi) is 19.1. The minimum atomic E-state index is 0.127. The summed E-state index contributed by atoms with van der Waals surface area (Å²) in [7, 11) is 4.15. The van der Waals surface area contributed by atoms with E-state index in [2.05, 4.69) is 64.2 Å². The van der Waals surface area contributed by atoms with Crippen molar-refractivity contribution < 1.29 is 9.59 Å². The smallest absolute Gasteiger partial charge is 0.250 e. The number of piperidine rings is 3. The van der Waals surface area contributed by atoms with Crippen LogP contribution in [-0.2, 0) is 9.59 Å². The molecule has 0 aromatic carbocycles. The SMILES string of the molecule is C=CN(CC)C1CCC(C)CC1.CC1CCC(N2CCN(C)CC2=O)CC1.CN1CCC(n2ccccc2=O)CC1.O=C1CCCCN1C1CCNCC1. The molecule has 0 radical (unpaired) electrons. The van der Waals surface area contributed by atoms with Gasteiger partial charge in [0.1, 0.15) is 0 Å². The molecule has 2 amide bonds. The molecule has 4 saturated heterocycles. The van der Waals surface area contributed by atoms with Gasteiger partial charge < -0.3 is 29.5 Å². The number of hydrogen-bond donors (Lipinski definition) is 1. The molecule has 54 heavy (non-hydrogen) atoms. The number of piperazine rings is 1. The Morgan fingerprint density at radius 3 is 1.89 bits per heavy atom.